The molecule has 0 aromatic heterocycles. The van der Waals surface area contributed by atoms with Crippen molar-refractivity contribution in [2.75, 3.05) is 7.11 Å². The first-order valence-corrected chi connectivity index (χ1v) is 6.89. The van der Waals surface area contributed by atoms with Crippen molar-refractivity contribution in [2.24, 2.45) is 0 Å². The van der Waals surface area contributed by atoms with Crippen molar-refractivity contribution < 1.29 is 9.53 Å². The molecule has 1 aromatic rings. The van der Waals surface area contributed by atoms with Crippen molar-refractivity contribution in [3.63, 3.8) is 0 Å². The summed E-state index contributed by atoms with van der Waals surface area (Å²) in [4.78, 5) is 11.1. The summed E-state index contributed by atoms with van der Waals surface area (Å²) in [6.45, 7) is 4.03. The van der Waals surface area contributed by atoms with Crippen LogP contribution in [0.2, 0.25) is 5.02 Å². The Morgan fingerprint density at radius 2 is 2.24 bits per heavy atom. The van der Waals surface area contributed by atoms with Crippen LogP contribution in [0.15, 0.2) is 18.2 Å². The van der Waals surface area contributed by atoms with E-state index in [4.69, 9.17) is 11.6 Å². The zero-order valence-electron chi connectivity index (χ0n) is 10.3. The number of rotatable bonds is 5. The average molecular weight is 273 g/mol. The van der Waals surface area contributed by atoms with E-state index in [0.29, 0.717) is 6.42 Å². The van der Waals surface area contributed by atoms with E-state index in [-0.39, 0.29) is 11.2 Å². The fraction of sp³-hybridized carbons (Fsp3) is 0.462. The van der Waals surface area contributed by atoms with E-state index in [1.807, 2.05) is 32.0 Å². The minimum Gasteiger partial charge on any atom is -0.469 e. The molecule has 1 rings (SSSR count). The third kappa shape index (κ3) is 5.00. The van der Waals surface area contributed by atoms with Gasteiger partial charge in [-0.2, -0.15) is 11.8 Å². The lowest BCUT2D eigenvalue weighted by molar-refractivity contribution is -0.140. The third-order valence-electron chi connectivity index (χ3n) is 2.41. The molecule has 0 N–H and O–H groups in total. The quantitative estimate of drug-likeness (QED) is 0.762. The predicted octanol–water partition coefficient (Wildman–Crippen LogP) is 3.83. The lowest BCUT2D eigenvalue weighted by atomic mass is 10.2. The van der Waals surface area contributed by atoms with Crippen molar-refractivity contribution in [3.8, 4) is 0 Å². The molecule has 0 fully saturated rings. The monoisotopic (exact) mass is 272 g/mol. The summed E-state index contributed by atoms with van der Waals surface area (Å²) in [5.41, 5.74) is 2.27. The molecule has 0 spiro atoms. The van der Waals surface area contributed by atoms with Gasteiger partial charge in [0.15, 0.2) is 0 Å². The Hall–Kier alpha value is -0.670. The molecule has 2 nitrogen and oxygen atoms in total. The third-order valence-corrected chi connectivity index (χ3v) is 3.98. The summed E-state index contributed by atoms with van der Waals surface area (Å²) >= 11 is 7.85. The van der Waals surface area contributed by atoms with Gasteiger partial charge in [0.2, 0.25) is 0 Å². The molecule has 0 aliphatic rings. The molecule has 0 aliphatic carbocycles. The van der Waals surface area contributed by atoms with Gasteiger partial charge >= 0.3 is 5.97 Å². The average Bonchev–Trinajstić information content (AvgIpc) is 2.27. The van der Waals surface area contributed by atoms with E-state index >= 15 is 0 Å². The number of methoxy groups -OCH3 is 1. The number of benzene rings is 1. The molecule has 1 aromatic carbocycles. The molecule has 0 saturated carbocycles. The van der Waals surface area contributed by atoms with E-state index in [1.54, 1.807) is 11.8 Å². The number of halogens is 1. The molecule has 17 heavy (non-hydrogen) atoms. The van der Waals surface area contributed by atoms with Gasteiger partial charge in [0, 0.05) is 16.0 Å². The number of carbonyl (C=O) groups is 1. The van der Waals surface area contributed by atoms with Crippen LogP contribution in [0.4, 0.5) is 0 Å². The molecule has 0 aliphatic heterocycles. The Morgan fingerprint density at radius 3 is 2.82 bits per heavy atom. The van der Waals surface area contributed by atoms with E-state index in [9.17, 15) is 4.79 Å². The molecule has 0 saturated heterocycles. The molecule has 0 amide bonds. The summed E-state index contributed by atoms with van der Waals surface area (Å²) in [5.74, 6) is 0.650. The highest BCUT2D eigenvalue weighted by molar-refractivity contribution is 7.99. The van der Waals surface area contributed by atoms with Crippen LogP contribution >= 0.6 is 23.4 Å². The molecular formula is C13H17ClO2S. The zero-order chi connectivity index (χ0) is 12.8. The van der Waals surface area contributed by atoms with E-state index in [0.717, 1.165) is 21.9 Å². The summed E-state index contributed by atoms with van der Waals surface area (Å²) < 4.78 is 4.63. The maximum absolute atomic E-state index is 11.1. The van der Waals surface area contributed by atoms with E-state index in [1.165, 1.54) is 7.11 Å². The van der Waals surface area contributed by atoms with Gasteiger partial charge < -0.3 is 4.74 Å². The van der Waals surface area contributed by atoms with Crippen LogP contribution in [0.1, 0.15) is 24.5 Å². The van der Waals surface area contributed by atoms with Gasteiger partial charge in [-0.25, -0.2) is 0 Å². The van der Waals surface area contributed by atoms with Crippen molar-refractivity contribution >= 4 is 29.3 Å². The van der Waals surface area contributed by atoms with Crippen LogP contribution in [0, 0.1) is 6.92 Å². The van der Waals surface area contributed by atoms with Crippen LogP contribution in [-0.4, -0.2) is 18.3 Å². The Balaban J connectivity index is 2.47. The highest BCUT2D eigenvalue weighted by Crippen LogP contribution is 2.25. The number of ether oxygens (including phenoxy) is 1. The molecule has 1 atom stereocenters. The number of hydrogen-bond acceptors (Lipinski definition) is 3. The minimum atomic E-state index is -0.167. The summed E-state index contributed by atoms with van der Waals surface area (Å²) in [6, 6.07) is 6.05. The van der Waals surface area contributed by atoms with Crippen LogP contribution in [0.5, 0.6) is 0 Å². The molecule has 0 heterocycles. The SMILES string of the molecule is COC(=O)CC(C)SCc1ccc(C)cc1Cl. The van der Waals surface area contributed by atoms with Crippen molar-refractivity contribution in [1.82, 2.24) is 0 Å². The van der Waals surface area contributed by atoms with Gasteiger partial charge in [-0.15, -0.1) is 0 Å². The highest BCUT2D eigenvalue weighted by Gasteiger charge is 2.10. The van der Waals surface area contributed by atoms with Gasteiger partial charge in [0.25, 0.3) is 0 Å². The number of hydrogen-bond donors (Lipinski definition) is 0. The first-order chi connectivity index (χ1) is 8.02. The maximum atomic E-state index is 11.1. The van der Waals surface area contributed by atoms with Gasteiger partial charge in [-0.05, 0) is 24.1 Å². The molecular weight excluding hydrogens is 256 g/mol. The first-order valence-electron chi connectivity index (χ1n) is 5.46. The van der Waals surface area contributed by atoms with Gasteiger partial charge in [-0.3, -0.25) is 4.79 Å². The summed E-state index contributed by atoms with van der Waals surface area (Å²) in [6.07, 6.45) is 0.435. The van der Waals surface area contributed by atoms with Gasteiger partial charge in [-0.1, -0.05) is 30.7 Å². The van der Waals surface area contributed by atoms with E-state index < -0.39 is 0 Å². The number of aryl methyl sites for hydroxylation is 1. The standard InChI is InChI=1S/C13H17ClO2S/c1-9-4-5-11(12(14)6-9)8-17-10(2)7-13(15)16-3/h4-6,10H,7-8H2,1-3H3. The Morgan fingerprint density at radius 1 is 1.53 bits per heavy atom. The number of thioether (sulfide) groups is 1. The molecule has 1 unspecified atom stereocenters. The van der Waals surface area contributed by atoms with E-state index in [2.05, 4.69) is 4.74 Å². The fourth-order valence-corrected chi connectivity index (χ4v) is 2.73. The Kier molecular flexibility index (Phi) is 5.86. The molecule has 4 heteroatoms. The van der Waals surface area contributed by atoms with Crippen molar-refractivity contribution in [1.29, 1.82) is 0 Å². The highest BCUT2D eigenvalue weighted by atomic mass is 35.5. The number of carbonyl (C=O) groups excluding carboxylic acids is 1. The summed E-state index contributed by atoms with van der Waals surface area (Å²) in [7, 11) is 1.41. The van der Waals surface area contributed by atoms with Crippen molar-refractivity contribution in [2.45, 2.75) is 31.3 Å². The zero-order valence-corrected chi connectivity index (χ0v) is 11.9. The van der Waals surface area contributed by atoms with Crippen molar-refractivity contribution in [3.05, 3.63) is 34.3 Å². The molecule has 0 radical (unpaired) electrons. The van der Waals surface area contributed by atoms with Gasteiger partial charge in [0.05, 0.1) is 13.5 Å². The second kappa shape index (κ2) is 6.92. The Bertz CT molecular complexity index is 393. The largest absolute Gasteiger partial charge is 0.469 e. The minimum absolute atomic E-state index is 0.167. The lowest BCUT2D eigenvalue weighted by Gasteiger charge is -2.10. The van der Waals surface area contributed by atoms with Crippen LogP contribution in [-0.2, 0) is 15.3 Å². The topological polar surface area (TPSA) is 26.3 Å². The van der Waals surface area contributed by atoms with Crippen LogP contribution in [0.25, 0.3) is 0 Å². The maximum Gasteiger partial charge on any atom is 0.306 e. The molecule has 0 bridgehead atoms. The fourth-order valence-electron chi connectivity index (χ4n) is 1.38. The molecule has 94 valence electrons. The Labute approximate surface area is 112 Å². The normalized spacial score (nSPS) is 12.2. The first kappa shape index (κ1) is 14.4. The van der Waals surface area contributed by atoms with Crippen LogP contribution < -0.4 is 0 Å². The predicted molar refractivity (Wildman–Crippen MR) is 73.6 cm³/mol. The smallest absolute Gasteiger partial charge is 0.306 e. The summed E-state index contributed by atoms with van der Waals surface area (Å²) in [5, 5.41) is 1.03. The second-order valence-corrected chi connectivity index (χ2v) is 5.83. The lowest BCUT2D eigenvalue weighted by Crippen LogP contribution is -2.08. The second-order valence-electron chi connectivity index (χ2n) is 4.00. The van der Waals surface area contributed by atoms with Crippen LogP contribution in [0.3, 0.4) is 0 Å². The van der Waals surface area contributed by atoms with Gasteiger partial charge in [0.1, 0.15) is 0 Å². The number of esters is 1.